The fourth-order valence-corrected chi connectivity index (χ4v) is 3.47. The van der Waals surface area contributed by atoms with Crippen LogP contribution in [0.2, 0.25) is 0 Å². The molecule has 1 N–H and O–H groups in total. The molecule has 0 bridgehead atoms. The van der Waals surface area contributed by atoms with Crippen LogP contribution in [-0.2, 0) is 21.2 Å². The number of likely N-dealkylation sites (N-methyl/N-ethyl adjacent to an activating group) is 1. The van der Waals surface area contributed by atoms with Crippen LogP contribution in [-0.4, -0.2) is 36.9 Å². The SMILES string of the molecule is CN([C@@H](Cc1ccccc1)C(=O)O)S(=O)(=O)c1ccccc1. The Bertz CT molecular complexity index is 729. The summed E-state index contributed by atoms with van der Waals surface area (Å²) in [5.74, 6) is -1.18. The van der Waals surface area contributed by atoms with Crippen LogP contribution in [0.3, 0.4) is 0 Å². The van der Waals surface area contributed by atoms with Gasteiger partial charge in [0.25, 0.3) is 0 Å². The zero-order chi connectivity index (χ0) is 16.2. The van der Waals surface area contributed by atoms with Gasteiger partial charge in [-0.2, -0.15) is 4.31 Å². The van der Waals surface area contributed by atoms with Crippen molar-refractivity contribution in [2.45, 2.75) is 17.4 Å². The van der Waals surface area contributed by atoms with Crippen molar-refractivity contribution in [1.29, 1.82) is 0 Å². The lowest BCUT2D eigenvalue weighted by atomic mass is 10.1. The third kappa shape index (κ3) is 3.52. The first-order valence-electron chi connectivity index (χ1n) is 6.73. The van der Waals surface area contributed by atoms with Crippen molar-refractivity contribution >= 4 is 16.0 Å². The van der Waals surface area contributed by atoms with Crippen LogP contribution in [0.1, 0.15) is 5.56 Å². The normalized spacial score (nSPS) is 13.0. The minimum absolute atomic E-state index is 0.0804. The predicted octanol–water partition coefficient (Wildman–Crippen LogP) is 2.00. The van der Waals surface area contributed by atoms with E-state index in [1.165, 1.54) is 19.2 Å². The third-order valence-corrected chi connectivity index (χ3v) is 5.30. The Morgan fingerprint density at radius 1 is 1.05 bits per heavy atom. The second kappa shape index (κ2) is 6.72. The molecule has 0 aliphatic heterocycles. The Kier molecular flexibility index (Phi) is 4.95. The summed E-state index contributed by atoms with van der Waals surface area (Å²) in [5.41, 5.74) is 0.769. The Labute approximate surface area is 129 Å². The van der Waals surface area contributed by atoms with E-state index in [0.717, 1.165) is 9.87 Å². The molecule has 0 amide bonds. The van der Waals surface area contributed by atoms with Gasteiger partial charge in [-0.05, 0) is 24.1 Å². The fourth-order valence-electron chi connectivity index (χ4n) is 2.13. The molecular weight excluding hydrogens is 302 g/mol. The summed E-state index contributed by atoms with van der Waals surface area (Å²) in [6, 6.07) is 15.6. The highest BCUT2D eigenvalue weighted by Crippen LogP contribution is 2.18. The number of carbonyl (C=O) groups is 1. The van der Waals surface area contributed by atoms with E-state index in [1.54, 1.807) is 42.5 Å². The molecule has 5 nitrogen and oxygen atoms in total. The largest absolute Gasteiger partial charge is 0.480 e. The van der Waals surface area contributed by atoms with E-state index < -0.39 is 22.0 Å². The molecular formula is C16H17NO4S. The van der Waals surface area contributed by atoms with Crippen LogP contribution in [0.4, 0.5) is 0 Å². The van der Waals surface area contributed by atoms with Gasteiger partial charge in [-0.25, -0.2) is 8.42 Å². The lowest BCUT2D eigenvalue weighted by Gasteiger charge is -2.24. The Balaban J connectivity index is 2.31. The Morgan fingerprint density at radius 2 is 1.55 bits per heavy atom. The summed E-state index contributed by atoms with van der Waals surface area (Å²) in [6.07, 6.45) is 0.110. The van der Waals surface area contributed by atoms with E-state index in [9.17, 15) is 18.3 Å². The van der Waals surface area contributed by atoms with Gasteiger partial charge in [-0.15, -0.1) is 0 Å². The van der Waals surface area contributed by atoms with Crippen molar-refractivity contribution in [3.05, 3.63) is 66.2 Å². The first kappa shape index (κ1) is 16.2. The van der Waals surface area contributed by atoms with Crippen molar-refractivity contribution < 1.29 is 18.3 Å². The van der Waals surface area contributed by atoms with Crippen molar-refractivity contribution in [1.82, 2.24) is 4.31 Å². The Hall–Kier alpha value is -2.18. The third-order valence-electron chi connectivity index (χ3n) is 3.42. The quantitative estimate of drug-likeness (QED) is 0.884. The van der Waals surface area contributed by atoms with Crippen LogP contribution >= 0.6 is 0 Å². The smallest absolute Gasteiger partial charge is 0.322 e. The molecule has 0 aliphatic carbocycles. The molecule has 0 aliphatic rings. The topological polar surface area (TPSA) is 74.7 Å². The minimum Gasteiger partial charge on any atom is -0.480 e. The Morgan fingerprint density at radius 3 is 2.05 bits per heavy atom. The summed E-state index contributed by atoms with van der Waals surface area (Å²) in [5, 5.41) is 9.41. The average molecular weight is 319 g/mol. The molecule has 0 heterocycles. The fraction of sp³-hybridized carbons (Fsp3) is 0.188. The average Bonchev–Trinajstić information content (AvgIpc) is 2.53. The molecule has 0 saturated carbocycles. The predicted molar refractivity (Wildman–Crippen MR) is 83.0 cm³/mol. The van der Waals surface area contributed by atoms with Gasteiger partial charge in [-0.1, -0.05) is 48.5 Å². The van der Waals surface area contributed by atoms with Crippen molar-refractivity contribution in [3.63, 3.8) is 0 Å². The molecule has 0 spiro atoms. The van der Waals surface area contributed by atoms with Crippen LogP contribution in [0, 0.1) is 0 Å². The highest BCUT2D eigenvalue weighted by atomic mass is 32.2. The highest BCUT2D eigenvalue weighted by Gasteiger charge is 2.32. The maximum absolute atomic E-state index is 12.5. The van der Waals surface area contributed by atoms with Crippen molar-refractivity contribution in [2.75, 3.05) is 7.05 Å². The molecule has 6 heteroatoms. The summed E-state index contributed by atoms with van der Waals surface area (Å²) in [4.78, 5) is 11.6. The van der Waals surface area contributed by atoms with E-state index in [4.69, 9.17) is 0 Å². The van der Waals surface area contributed by atoms with Crippen LogP contribution in [0.25, 0.3) is 0 Å². The van der Waals surface area contributed by atoms with Gasteiger partial charge in [0.2, 0.25) is 10.0 Å². The summed E-state index contributed by atoms with van der Waals surface area (Å²) in [6.45, 7) is 0. The minimum atomic E-state index is -3.85. The molecule has 0 unspecified atom stereocenters. The van der Waals surface area contributed by atoms with E-state index in [1.807, 2.05) is 6.07 Å². The number of aliphatic carboxylic acids is 1. The summed E-state index contributed by atoms with van der Waals surface area (Å²) >= 11 is 0. The van der Waals surface area contributed by atoms with Gasteiger partial charge in [0.05, 0.1) is 4.90 Å². The highest BCUT2D eigenvalue weighted by molar-refractivity contribution is 7.89. The lowest BCUT2D eigenvalue weighted by molar-refractivity contribution is -0.141. The zero-order valence-corrected chi connectivity index (χ0v) is 12.9. The van der Waals surface area contributed by atoms with Crippen LogP contribution in [0.5, 0.6) is 0 Å². The van der Waals surface area contributed by atoms with Gasteiger partial charge in [0.1, 0.15) is 6.04 Å². The van der Waals surface area contributed by atoms with Crippen molar-refractivity contribution in [2.24, 2.45) is 0 Å². The molecule has 0 saturated heterocycles. The molecule has 1 atom stereocenters. The van der Waals surface area contributed by atoms with Gasteiger partial charge >= 0.3 is 5.97 Å². The first-order valence-corrected chi connectivity index (χ1v) is 8.17. The van der Waals surface area contributed by atoms with Gasteiger partial charge in [-0.3, -0.25) is 4.79 Å². The zero-order valence-electron chi connectivity index (χ0n) is 12.1. The molecule has 0 aromatic heterocycles. The molecule has 116 valence electrons. The molecule has 2 aromatic carbocycles. The monoisotopic (exact) mass is 319 g/mol. The number of benzene rings is 2. The molecule has 22 heavy (non-hydrogen) atoms. The standard InChI is InChI=1S/C16H17NO4S/c1-17(22(20,21)14-10-6-3-7-11-14)15(16(18)19)12-13-8-4-2-5-9-13/h2-11,15H,12H2,1H3,(H,18,19)/t15-/m0/s1. The number of hydrogen-bond donors (Lipinski definition) is 1. The van der Waals surface area contributed by atoms with Crippen LogP contribution < -0.4 is 0 Å². The summed E-state index contributed by atoms with van der Waals surface area (Å²) < 4.78 is 26.0. The van der Waals surface area contributed by atoms with Crippen molar-refractivity contribution in [3.8, 4) is 0 Å². The van der Waals surface area contributed by atoms with Gasteiger partial charge < -0.3 is 5.11 Å². The molecule has 2 aromatic rings. The molecule has 0 radical (unpaired) electrons. The van der Waals surface area contributed by atoms with E-state index in [0.29, 0.717) is 0 Å². The van der Waals surface area contributed by atoms with Gasteiger partial charge in [0.15, 0.2) is 0 Å². The lowest BCUT2D eigenvalue weighted by Crippen LogP contribution is -2.43. The number of hydrogen-bond acceptors (Lipinski definition) is 3. The summed E-state index contributed by atoms with van der Waals surface area (Å²) in [7, 11) is -2.56. The first-order chi connectivity index (χ1) is 10.4. The molecule has 2 rings (SSSR count). The number of carboxylic acid groups (broad SMARTS) is 1. The number of sulfonamides is 1. The van der Waals surface area contributed by atoms with E-state index in [-0.39, 0.29) is 11.3 Å². The second-order valence-corrected chi connectivity index (χ2v) is 6.88. The number of rotatable bonds is 6. The van der Waals surface area contributed by atoms with Crippen LogP contribution in [0.15, 0.2) is 65.6 Å². The van der Waals surface area contributed by atoms with E-state index >= 15 is 0 Å². The van der Waals surface area contributed by atoms with Gasteiger partial charge in [0, 0.05) is 7.05 Å². The maximum Gasteiger partial charge on any atom is 0.322 e. The maximum atomic E-state index is 12.5. The number of nitrogens with zero attached hydrogens (tertiary/aromatic N) is 1. The molecule has 0 fully saturated rings. The number of carboxylic acids is 1. The van der Waals surface area contributed by atoms with E-state index in [2.05, 4.69) is 0 Å². The second-order valence-electron chi connectivity index (χ2n) is 4.88.